The predicted octanol–water partition coefficient (Wildman–Crippen LogP) is 2.49. The van der Waals surface area contributed by atoms with E-state index in [-0.39, 0.29) is 5.88 Å². The van der Waals surface area contributed by atoms with Crippen LogP contribution < -0.4 is 15.0 Å². The van der Waals surface area contributed by atoms with Crippen molar-refractivity contribution in [2.24, 2.45) is 0 Å². The molecule has 1 atom stereocenters. The number of rotatable bonds is 8. The van der Waals surface area contributed by atoms with Crippen molar-refractivity contribution in [1.29, 1.82) is 0 Å². The zero-order valence-electron chi connectivity index (χ0n) is 12.8. The Morgan fingerprint density at radius 2 is 1.96 bits per heavy atom. The van der Waals surface area contributed by atoms with Gasteiger partial charge in [0.1, 0.15) is 5.75 Å². The van der Waals surface area contributed by atoms with Crippen LogP contribution in [0.4, 0.5) is 0 Å². The van der Waals surface area contributed by atoms with Gasteiger partial charge in [0.2, 0.25) is 5.88 Å². The Hall–Kier alpha value is -2.86. The minimum atomic E-state index is -1.70. The molecule has 0 saturated carbocycles. The van der Waals surface area contributed by atoms with Crippen LogP contribution in [0.1, 0.15) is 6.92 Å². The molecular weight excluding hydrogens is 296 g/mol. The average molecular weight is 314 g/mol. The molecule has 0 spiro atoms. The van der Waals surface area contributed by atoms with Gasteiger partial charge in [-0.05, 0) is 18.2 Å². The first-order valence-electron chi connectivity index (χ1n) is 7.03. The van der Waals surface area contributed by atoms with E-state index in [4.69, 9.17) is 14.3 Å². The first kappa shape index (κ1) is 16.5. The molecule has 120 valence electrons. The van der Waals surface area contributed by atoms with E-state index in [9.17, 15) is 4.79 Å². The number of hydrogen-bond acceptors (Lipinski definition) is 6. The average Bonchev–Trinajstić information content (AvgIpc) is 2.56. The molecule has 23 heavy (non-hydrogen) atoms. The van der Waals surface area contributed by atoms with Gasteiger partial charge < -0.3 is 14.3 Å². The van der Waals surface area contributed by atoms with Gasteiger partial charge in [0.05, 0.1) is 0 Å². The smallest absolute Gasteiger partial charge is 0.411 e. The van der Waals surface area contributed by atoms with Gasteiger partial charge in [-0.15, -0.1) is 12.1 Å². The Balaban J connectivity index is 2.18. The quantitative estimate of drug-likeness (QED) is 0.349. The second-order valence-corrected chi connectivity index (χ2v) is 4.66. The number of pyridine rings is 1. The molecule has 0 saturated heterocycles. The Morgan fingerprint density at radius 1 is 1.22 bits per heavy atom. The van der Waals surface area contributed by atoms with Crippen molar-refractivity contribution in [2.75, 3.05) is 6.54 Å². The van der Waals surface area contributed by atoms with Crippen LogP contribution in [0.3, 0.4) is 0 Å². The molecule has 0 aliphatic heterocycles. The molecule has 0 radical (unpaired) electrons. The van der Waals surface area contributed by atoms with Gasteiger partial charge in [0.25, 0.3) is 0 Å². The van der Waals surface area contributed by atoms with E-state index in [1.807, 2.05) is 6.07 Å². The Bertz CT molecular complexity index is 590. The SMILES string of the molecule is C=CCNOC(=O)C(C)(Oc1ccccc1)Oc1ccccn1. The third-order valence-electron chi connectivity index (χ3n) is 2.76. The molecule has 1 heterocycles. The van der Waals surface area contributed by atoms with E-state index in [2.05, 4.69) is 17.0 Å². The maximum absolute atomic E-state index is 12.4. The van der Waals surface area contributed by atoms with Crippen LogP contribution in [0.2, 0.25) is 0 Å². The van der Waals surface area contributed by atoms with E-state index in [1.165, 1.54) is 6.92 Å². The van der Waals surface area contributed by atoms with Gasteiger partial charge in [-0.3, -0.25) is 0 Å². The molecule has 2 aromatic rings. The van der Waals surface area contributed by atoms with Crippen molar-refractivity contribution in [3.05, 3.63) is 67.4 Å². The summed E-state index contributed by atoms with van der Waals surface area (Å²) < 4.78 is 11.3. The van der Waals surface area contributed by atoms with E-state index in [0.29, 0.717) is 12.3 Å². The van der Waals surface area contributed by atoms with Crippen molar-refractivity contribution in [2.45, 2.75) is 12.7 Å². The van der Waals surface area contributed by atoms with Crippen molar-refractivity contribution in [3.63, 3.8) is 0 Å². The van der Waals surface area contributed by atoms with Crippen LogP contribution in [-0.4, -0.2) is 23.3 Å². The summed E-state index contributed by atoms with van der Waals surface area (Å²) >= 11 is 0. The first-order chi connectivity index (χ1) is 11.1. The molecule has 1 unspecified atom stereocenters. The highest BCUT2D eigenvalue weighted by atomic mass is 16.8. The summed E-state index contributed by atoms with van der Waals surface area (Å²) in [5.41, 5.74) is 2.46. The summed E-state index contributed by atoms with van der Waals surface area (Å²) in [7, 11) is 0. The molecule has 0 aliphatic rings. The van der Waals surface area contributed by atoms with E-state index >= 15 is 0 Å². The maximum atomic E-state index is 12.4. The number of ether oxygens (including phenoxy) is 2. The summed E-state index contributed by atoms with van der Waals surface area (Å²) in [6.45, 7) is 5.30. The maximum Gasteiger partial charge on any atom is 0.411 e. The number of carbonyl (C=O) groups is 1. The monoisotopic (exact) mass is 314 g/mol. The van der Waals surface area contributed by atoms with Crippen molar-refractivity contribution < 1.29 is 19.1 Å². The van der Waals surface area contributed by atoms with Crippen molar-refractivity contribution in [1.82, 2.24) is 10.5 Å². The van der Waals surface area contributed by atoms with Gasteiger partial charge in [-0.25, -0.2) is 9.78 Å². The Morgan fingerprint density at radius 3 is 2.61 bits per heavy atom. The summed E-state index contributed by atoms with van der Waals surface area (Å²) in [5, 5.41) is 0. The molecule has 0 amide bonds. The lowest BCUT2D eigenvalue weighted by Gasteiger charge is -2.28. The van der Waals surface area contributed by atoms with Crippen LogP contribution >= 0.6 is 0 Å². The normalized spacial score (nSPS) is 12.7. The minimum Gasteiger partial charge on any atom is -0.443 e. The minimum absolute atomic E-state index is 0.242. The fraction of sp³-hybridized carbons (Fsp3) is 0.176. The molecule has 1 aromatic carbocycles. The molecule has 1 N–H and O–H groups in total. The molecule has 1 aromatic heterocycles. The van der Waals surface area contributed by atoms with E-state index in [1.54, 1.807) is 54.7 Å². The predicted molar refractivity (Wildman–Crippen MR) is 84.6 cm³/mol. The van der Waals surface area contributed by atoms with Crippen LogP contribution in [-0.2, 0) is 9.63 Å². The number of hydroxylamine groups is 1. The number of benzene rings is 1. The Labute approximate surface area is 134 Å². The number of nitrogens with zero attached hydrogens (tertiary/aromatic N) is 1. The molecule has 6 nitrogen and oxygen atoms in total. The van der Waals surface area contributed by atoms with Crippen molar-refractivity contribution >= 4 is 5.97 Å². The molecule has 0 fully saturated rings. The number of hydrogen-bond donors (Lipinski definition) is 1. The fourth-order valence-corrected chi connectivity index (χ4v) is 1.68. The van der Waals surface area contributed by atoms with Crippen LogP contribution in [0.25, 0.3) is 0 Å². The lowest BCUT2D eigenvalue weighted by Crippen LogP contribution is -2.50. The number of aromatic nitrogens is 1. The van der Waals surface area contributed by atoms with E-state index < -0.39 is 11.8 Å². The number of para-hydroxylation sites is 1. The zero-order valence-corrected chi connectivity index (χ0v) is 12.8. The van der Waals surface area contributed by atoms with Gasteiger partial charge >= 0.3 is 11.8 Å². The lowest BCUT2D eigenvalue weighted by atomic mass is 10.3. The van der Waals surface area contributed by atoms with Crippen molar-refractivity contribution in [3.8, 4) is 11.6 Å². The van der Waals surface area contributed by atoms with Gasteiger partial charge in [0, 0.05) is 25.7 Å². The van der Waals surface area contributed by atoms with Crippen LogP contribution in [0.5, 0.6) is 11.6 Å². The van der Waals surface area contributed by atoms with Gasteiger partial charge in [0.15, 0.2) is 0 Å². The van der Waals surface area contributed by atoms with Crippen LogP contribution in [0.15, 0.2) is 67.4 Å². The largest absolute Gasteiger partial charge is 0.443 e. The molecule has 0 bridgehead atoms. The lowest BCUT2D eigenvalue weighted by molar-refractivity contribution is -0.195. The van der Waals surface area contributed by atoms with Crippen LogP contribution in [0, 0.1) is 0 Å². The van der Waals surface area contributed by atoms with Gasteiger partial charge in [-0.2, -0.15) is 0 Å². The standard InChI is InChI=1S/C17H18N2O4/c1-3-12-19-23-16(20)17(2,21-14-9-5-4-6-10-14)22-15-11-7-8-13-18-15/h3-11,13,19H,1,12H2,2H3. The van der Waals surface area contributed by atoms with Gasteiger partial charge in [-0.1, -0.05) is 30.3 Å². The first-order valence-corrected chi connectivity index (χ1v) is 7.03. The second kappa shape index (κ2) is 7.95. The molecular formula is C17H18N2O4. The van der Waals surface area contributed by atoms with E-state index in [0.717, 1.165) is 0 Å². The Kier molecular flexibility index (Phi) is 5.71. The highest BCUT2D eigenvalue weighted by Gasteiger charge is 2.41. The highest BCUT2D eigenvalue weighted by molar-refractivity contribution is 5.78. The second-order valence-electron chi connectivity index (χ2n) is 4.66. The molecule has 0 aliphatic carbocycles. The summed E-state index contributed by atoms with van der Waals surface area (Å²) in [6.07, 6.45) is 3.11. The number of nitrogens with one attached hydrogen (secondary N) is 1. The summed E-state index contributed by atoms with van der Waals surface area (Å²) in [5.74, 6) is -1.74. The summed E-state index contributed by atoms with van der Waals surface area (Å²) in [6, 6.07) is 14.0. The highest BCUT2D eigenvalue weighted by Crippen LogP contribution is 2.22. The topological polar surface area (TPSA) is 69.7 Å². The third kappa shape index (κ3) is 4.82. The zero-order chi connectivity index (χ0) is 16.5. The molecule has 6 heteroatoms. The number of carbonyl (C=O) groups excluding carboxylic acids is 1. The molecule has 2 rings (SSSR count). The fourth-order valence-electron chi connectivity index (χ4n) is 1.68. The summed E-state index contributed by atoms with van der Waals surface area (Å²) in [4.78, 5) is 21.3. The third-order valence-corrected chi connectivity index (χ3v) is 2.76.